The third-order valence-corrected chi connectivity index (χ3v) is 3.63. The van der Waals surface area contributed by atoms with Crippen molar-refractivity contribution in [2.75, 3.05) is 0 Å². The zero-order chi connectivity index (χ0) is 12.5. The van der Waals surface area contributed by atoms with E-state index in [9.17, 15) is 5.11 Å². The molecule has 90 valence electrons. The number of rotatable bonds is 1. The van der Waals surface area contributed by atoms with Gasteiger partial charge in [0.2, 0.25) is 0 Å². The van der Waals surface area contributed by atoms with Crippen LogP contribution in [0.3, 0.4) is 0 Å². The van der Waals surface area contributed by atoms with Gasteiger partial charge in [0.1, 0.15) is 0 Å². The minimum absolute atomic E-state index is 0.0566. The maximum atomic E-state index is 10.5. The van der Waals surface area contributed by atoms with Crippen LogP contribution in [-0.4, -0.2) is 5.11 Å². The van der Waals surface area contributed by atoms with E-state index in [0.29, 0.717) is 0 Å². The number of benzene rings is 2. The quantitative estimate of drug-likeness (QED) is 0.740. The zero-order valence-corrected chi connectivity index (χ0v) is 10.4. The number of aliphatic hydroxyl groups excluding tert-OH is 1. The molecule has 2 atom stereocenters. The first-order valence-corrected chi connectivity index (χ1v) is 6.32. The van der Waals surface area contributed by atoms with Gasteiger partial charge in [-0.25, -0.2) is 0 Å². The molecule has 0 unspecified atom stereocenters. The van der Waals surface area contributed by atoms with Gasteiger partial charge >= 0.3 is 0 Å². The van der Waals surface area contributed by atoms with Crippen LogP contribution in [0.2, 0.25) is 0 Å². The molecule has 1 nitrogen and oxygen atoms in total. The summed E-state index contributed by atoms with van der Waals surface area (Å²) in [6, 6.07) is 16.5. The van der Waals surface area contributed by atoms with Crippen molar-refractivity contribution >= 4 is 0 Å². The van der Waals surface area contributed by atoms with Crippen molar-refractivity contribution in [1.82, 2.24) is 0 Å². The van der Waals surface area contributed by atoms with Crippen LogP contribution in [0.5, 0.6) is 0 Å². The van der Waals surface area contributed by atoms with E-state index in [1.54, 1.807) is 0 Å². The van der Waals surface area contributed by atoms with Crippen LogP contribution in [0, 0.1) is 0 Å². The van der Waals surface area contributed by atoms with Crippen molar-refractivity contribution in [2.45, 2.75) is 18.9 Å². The summed E-state index contributed by atoms with van der Waals surface area (Å²) in [4.78, 5) is 0. The van der Waals surface area contributed by atoms with Crippen molar-refractivity contribution in [2.24, 2.45) is 0 Å². The first-order valence-electron chi connectivity index (χ1n) is 6.32. The first-order chi connectivity index (χ1) is 8.83. The fourth-order valence-electron chi connectivity index (χ4n) is 2.81. The van der Waals surface area contributed by atoms with Gasteiger partial charge in [-0.2, -0.15) is 0 Å². The molecule has 0 radical (unpaired) electrons. The number of allylic oxidation sites excluding steroid dienone is 1. The molecule has 0 aliphatic heterocycles. The van der Waals surface area contributed by atoms with Crippen LogP contribution in [0.25, 0.3) is 11.1 Å². The van der Waals surface area contributed by atoms with Gasteiger partial charge in [0.15, 0.2) is 0 Å². The van der Waals surface area contributed by atoms with Gasteiger partial charge in [0.25, 0.3) is 0 Å². The first kappa shape index (κ1) is 11.2. The molecule has 1 heteroatoms. The number of hydrogen-bond donors (Lipinski definition) is 1. The standard InChI is InChI=1S/C17H16O/c1-2-7-15-13-9-4-3-8-12(13)14-10-5-6-11-16(14)17(15)18/h2-11,15,17-18H,1H3/b7-2+/t15-,17+/m0/s1. The van der Waals surface area contributed by atoms with Gasteiger partial charge in [-0.05, 0) is 29.2 Å². The van der Waals surface area contributed by atoms with Gasteiger partial charge in [0, 0.05) is 5.92 Å². The van der Waals surface area contributed by atoms with Crippen LogP contribution in [0.15, 0.2) is 60.7 Å². The molecule has 0 saturated heterocycles. The third kappa shape index (κ3) is 1.59. The number of aliphatic hydroxyl groups is 1. The van der Waals surface area contributed by atoms with E-state index in [-0.39, 0.29) is 5.92 Å². The molecule has 0 fully saturated rings. The van der Waals surface area contributed by atoms with E-state index >= 15 is 0 Å². The molecule has 18 heavy (non-hydrogen) atoms. The molecule has 2 aromatic rings. The molecule has 0 amide bonds. The summed E-state index contributed by atoms with van der Waals surface area (Å²) in [5.74, 6) is 0.0566. The maximum absolute atomic E-state index is 10.5. The second-order valence-electron chi connectivity index (χ2n) is 4.67. The Hall–Kier alpha value is -1.86. The van der Waals surface area contributed by atoms with Gasteiger partial charge < -0.3 is 5.11 Å². The van der Waals surface area contributed by atoms with Crippen molar-refractivity contribution in [3.05, 3.63) is 71.8 Å². The largest absolute Gasteiger partial charge is 0.387 e. The van der Waals surface area contributed by atoms with E-state index in [4.69, 9.17) is 0 Å². The van der Waals surface area contributed by atoms with E-state index in [1.165, 1.54) is 11.1 Å². The molecular formula is C17H16O. The van der Waals surface area contributed by atoms with Crippen molar-refractivity contribution in [1.29, 1.82) is 0 Å². The topological polar surface area (TPSA) is 20.2 Å². The highest BCUT2D eigenvalue weighted by Gasteiger charge is 2.29. The minimum atomic E-state index is -0.452. The molecule has 0 spiro atoms. The van der Waals surface area contributed by atoms with Crippen LogP contribution in [0.1, 0.15) is 30.1 Å². The van der Waals surface area contributed by atoms with Crippen LogP contribution >= 0.6 is 0 Å². The Morgan fingerprint density at radius 1 is 0.889 bits per heavy atom. The molecule has 3 rings (SSSR count). The Kier molecular flexibility index (Phi) is 2.77. The predicted octanol–water partition coefficient (Wildman–Crippen LogP) is 4.06. The maximum Gasteiger partial charge on any atom is 0.0899 e. The lowest BCUT2D eigenvalue weighted by molar-refractivity contribution is 0.160. The van der Waals surface area contributed by atoms with Crippen LogP contribution < -0.4 is 0 Å². The van der Waals surface area contributed by atoms with Crippen molar-refractivity contribution in [3.63, 3.8) is 0 Å². The molecule has 1 aliphatic carbocycles. The van der Waals surface area contributed by atoms with E-state index in [0.717, 1.165) is 11.1 Å². The van der Waals surface area contributed by atoms with E-state index in [2.05, 4.69) is 30.3 Å². The van der Waals surface area contributed by atoms with Gasteiger partial charge in [-0.3, -0.25) is 0 Å². The summed E-state index contributed by atoms with van der Waals surface area (Å²) >= 11 is 0. The highest BCUT2D eigenvalue weighted by Crippen LogP contribution is 2.45. The normalized spacial score (nSPS) is 21.7. The van der Waals surface area contributed by atoms with Crippen molar-refractivity contribution < 1.29 is 5.11 Å². The average Bonchev–Trinajstić information content (AvgIpc) is 2.43. The van der Waals surface area contributed by atoms with Crippen LogP contribution in [0.4, 0.5) is 0 Å². The van der Waals surface area contributed by atoms with Gasteiger partial charge in [-0.1, -0.05) is 60.7 Å². The Morgan fingerprint density at radius 3 is 2.11 bits per heavy atom. The monoisotopic (exact) mass is 236 g/mol. The summed E-state index contributed by atoms with van der Waals surface area (Å²) in [6.45, 7) is 2.00. The molecule has 0 bridgehead atoms. The lowest BCUT2D eigenvalue weighted by atomic mass is 9.76. The van der Waals surface area contributed by atoms with E-state index < -0.39 is 6.10 Å². The molecule has 0 heterocycles. The lowest BCUT2D eigenvalue weighted by Gasteiger charge is -2.30. The number of fused-ring (bicyclic) bond motifs is 3. The molecule has 2 aromatic carbocycles. The Bertz CT molecular complexity index is 598. The fourth-order valence-corrected chi connectivity index (χ4v) is 2.81. The Balaban J connectivity index is 2.28. The molecule has 0 aromatic heterocycles. The number of hydrogen-bond acceptors (Lipinski definition) is 1. The summed E-state index contributed by atoms with van der Waals surface area (Å²) in [5, 5.41) is 10.5. The van der Waals surface area contributed by atoms with E-state index in [1.807, 2.05) is 37.3 Å². The summed E-state index contributed by atoms with van der Waals surface area (Å²) in [7, 11) is 0. The summed E-state index contributed by atoms with van der Waals surface area (Å²) in [6.07, 6.45) is 3.64. The SMILES string of the molecule is C/C=C/[C@H]1c2ccccc2-c2ccccc2[C@@H]1O. The molecule has 0 saturated carbocycles. The molecule has 1 N–H and O–H groups in total. The Morgan fingerprint density at radius 2 is 1.44 bits per heavy atom. The minimum Gasteiger partial charge on any atom is -0.387 e. The molecule has 1 aliphatic rings. The summed E-state index contributed by atoms with van der Waals surface area (Å²) < 4.78 is 0. The van der Waals surface area contributed by atoms with Crippen molar-refractivity contribution in [3.8, 4) is 11.1 Å². The smallest absolute Gasteiger partial charge is 0.0899 e. The predicted molar refractivity (Wildman–Crippen MR) is 74.4 cm³/mol. The fraction of sp³-hybridized carbons (Fsp3) is 0.176. The molecular weight excluding hydrogens is 220 g/mol. The zero-order valence-electron chi connectivity index (χ0n) is 10.4. The highest BCUT2D eigenvalue weighted by molar-refractivity contribution is 5.75. The average molecular weight is 236 g/mol. The third-order valence-electron chi connectivity index (χ3n) is 3.63. The van der Waals surface area contributed by atoms with Crippen LogP contribution in [-0.2, 0) is 0 Å². The summed E-state index contributed by atoms with van der Waals surface area (Å²) in [5.41, 5.74) is 4.63. The van der Waals surface area contributed by atoms with Gasteiger partial charge in [-0.15, -0.1) is 0 Å². The second kappa shape index (κ2) is 4.43. The van der Waals surface area contributed by atoms with Gasteiger partial charge in [0.05, 0.1) is 6.10 Å². The Labute approximate surface area is 107 Å². The second-order valence-corrected chi connectivity index (χ2v) is 4.67. The highest BCUT2D eigenvalue weighted by atomic mass is 16.3. The lowest BCUT2D eigenvalue weighted by Crippen LogP contribution is -2.15.